The lowest BCUT2D eigenvalue weighted by Gasteiger charge is -2.27. The van der Waals surface area contributed by atoms with Crippen LogP contribution < -0.4 is 36.5 Å². The van der Waals surface area contributed by atoms with E-state index in [1.165, 1.54) is 11.1 Å². The van der Waals surface area contributed by atoms with Crippen LogP contribution in [0.15, 0.2) is 23.4 Å². The van der Waals surface area contributed by atoms with Crippen molar-refractivity contribution in [2.75, 3.05) is 50.6 Å². The third kappa shape index (κ3) is 10.7. The van der Waals surface area contributed by atoms with Gasteiger partial charge in [-0.2, -0.15) is 5.10 Å². The highest BCUT2D eigenvalue weighted by Crippen LogP contribution is 2.30. The number of pyridine rings is 1. The van der Waals surface area contributed by atoms with Gasteiger partial charge < -0.3 is 30.9 Å². The van der Waals surface area contributed by atoms with Crippen molar-refractivity contribution < 1.29 is 28.7 Å². The van der Waals surface area contributed by atoms with E-state index in [4.69, 9.17) is 4.74 Å². The minimum atomic E-state index is -0.939. The van der Waals surface area contributed by atoms with Gasteiger partial charge in [-0.25, -0.2) is 15.2 Å². The van der Waals surface area contributed by atoms with E-state index in [2.05, 4.69) is 36.8 Å². The van der Waals surface area contributed by atoms with E-state index in [1.54, 1.807) is 53.2 Å². The molecule has 1 unspecified atom stereocenters. The number of amides is 5. The number of ether oxygens (including phenoxy) is 1. The zero-order chi connectivity index (χ0) is 33.1. The van der Waals surface area contributed by atoms with Gasteiger partial charge in [0.05, 0.1) is 18.2 Å². The largest absolute Gasteiger partial charge is 0.460 e. The number of carbonyl (C=O) groups excluding carboxylic acids is 5. The maximum Gasteiger partial charge on any atom is 0.335 e. The predicted octanol–water partition coefficient (Wildman–Crippen LogP) is 0.506. The van der Waals surface area contributed by atoms with Gasteiger partial charge in [0, 0.05) is 45.5 Å². The molecule has 2 atom stereocenters. The Morgan fingerprint density at radius 1 is 1.16 bits per heavy atom. The van der Waals surface area contributed by atoms with Crippen LogP contribution in [0.2, 0.25) is 0 Å². The summed E-state index contributed by atoms with van der Waals surface area (Å²) in [6.07, 6.45) is 5.82. The lowest BCUT2D eigenvalue weighted by Crippen LogP contribution is -2.52. The Hall–Kier alpha value is -4.27. The van der Waals surface area contributed by atoms with E-state index in [9.17, 15) is 24.0 Å². The van der Waals surface area contributed by atoms with Crippen LogP contribution in [0.3, 0.4) is 0 Å². The molecule has 0 aromatic carbocycles. The minimum Gasteiger partial charge on any atom is -0.460 e. The van der Waals surface area contributed by atoms with Crippen molar-refractivity contribution >= 4 is 47.4 Å². The molecule has 2 heterocycles. The lowest BCUT2D eigenvalue weighted by molar-refractivity contribution is -0.155. The second kappa shape index (κ2) is 16.2. The second-order valence-electron chi connectivity index (χ2n) is 12.4. The number of carbonyl (C=O) groups is 5. The van der Waals surface area contributed by atoms with Gasteiger partial charge in [0.25, 0.3) is 0 Å². The number of likely N-dealkylation sites (N-methyl/N-ethyl adjacent to an activating group) is 2. The van der Waals surface area contributed by atoms with Gasteiger partial charge in [0.1, 0.15) is 18.2 Å². The molecule has 248 valence electrons. The molecule has 0 saturated heterocycles. The van der Waals surface area contributed by atoms with Crippen molar-refractivity contribution in [3.8, 4) is 0 Å². The van der Waals surface area contributed by atoms with Crippen LogP contribution in [0.25, 0.3) is 0 Å². The Labute approximate surface area is 264 Å². The van der Waals surface area contributed by atoms with Crippen LogP contribution in [0.1, 0.15) is 52.9 Å². The highest BCUT2D eigenvalue weighted by atomic mass is 16.6. The summed E-state index contributed by atoms with van der Waals surface area (Å²) in [5, 5.41) is 15.2. The molecular formula is C30H47N9O6. The summed E-state index contributed by atoms with van der Waals surface area (Å²) in [6, 6.07) is 1.35. The first-order valence-corrected chi connectivity index (χ1v) is 15.3. The average molecular weight is 630 g/mol. The second-order valence-corrected chi connectivity index (χ2v) is 12.4. The van der Waals surface area contributed by atoms with E-state index in [-0.39, 0.29) is 36.6 Å². The van der Waals surface area contributed by atoms with E-state index in [0.29, 0.717) is 24.6 Å². The number of esters is 1. The summed E-state index contributed by atoms with van der Waals surface area (Å²) in [7, 11) is 5.13. The monoisotopic (exact) mass is 629 g/mol. The summed E-state index contributed by atoms with van der Waals surface area (Å²) >= 11 is 0. The standard InChI is InChI=1S/C30H47N9O6/c1-30(2,3)45-25(41)14-21(16-35-37-29(44)34-15-19-9-11-20(12-10-19)27(42)32-5)36-24(40)18-39-23-8-7-13-33-26(23)38(6)17-22(31-4)28(39)43/h7-8,13,16,19-22,31H,9-12,14-15,17-18H2,1-6H3,(H,32,42)(H,36,40)(H2,34,37,44)/b35-16+/t19?,20?,21-,22?/m0/s1. The zero-order valence-electron chi connectivity index (χ0n) is 27.0. The number of hydrazone groups is 1. The fourth-order valence-electron chi connectivity index (χ4n) is 5.41. The number of hydrogen-bond donors (Lipinski definition) is 5. The molecule has 1 aromatic heterocycles. The van der Waals surface area contributed by atoms with Crippen molar-refractivity contribution in [2.45, 2.75) is 70.6 Å². The fourth-order valence-corrected chi connectivity index (χ4v) is 5.41. The Morgan fingerprint density at radius 3 is 2.51 bits per heavy atom. The third-order valence-corrected chi connectivity index (χ3v) is 7.68. The number of fused-ring (bicyclic) bond motifs is 1. The molecule has 1 aliphatic heterocycles. The number of hydrogen-bond acceptors (Lipinski definition) is 10. The maximum absolute atomic E-state index is 13.4. The van der Waals surface area contributed by atoms with Crippen molar-refractivity contribution in [3.63, 3.8) is 0 Å². The third-order valence-electron chi connectivity index (χ3n) is 7.68. The summed E-state index contributed by atoms with van der Waals surface area (Å²) in [5.41, 5.74) is 2.11. The highest BCUT2D eigenvalue weighted by Gasteiger charge is 2.34. The Kier molecular flexibility index (Phi) is 12.6. The van der Waals surface area contributed by atoms with Crippen LogP contribution in [-0.2, 0) is 23.9 Å². The van der Waals surface area contributed by atoms with Crippen molar-refractivity contribution in [2.24, 2.45) is 16.9 Å². The van der Waals surface area contributed by atoms with E-state index in [1.807, 2.05) is 11.9 Å². The number of anilines is 2. The van der Waals surface area contributed by atoms with Gasteiger partial charge in [0.2, 0.25) is 17.7 Å². The Bertz CT molecular complexity index is 1240. The van der Waals surface area contributed by atoms with Crippen molar-refractivity contribution in [3.05, 3.63) is 18.3 Å². The fraction of sp³-hybridized carbons (Fsp3) is 0.633. The van der Waals surface area contributed by atoms with Gasteiger partial charge >= 0.3 is 12.0 Å². The molecule has 45 heavy (non-hydrogen) atoms. The first kappa shape index (κ1) is 35.2. The molecule has 2 aliphatic rings. The van der Waals surface area contributed by atoms with E-state index < -0.39 is 35.6 Å². The maximum atomic E-state index is 13.4. The minimum absolute atomic E-state index is 0.0109. The molecule has 1 aliphatic carbocycles. The Balaban J connectivity index is 1.63. The summed E-state index contributed by atoms with van der Waals surface area (Å²) in [5.74, 6) is -0.554. The van der Waals surface area contributed by atoms with Crippen LogP contribution in [0.5, 0.6) is 0 Å². The van der Waals surface area contributed by atoms with Gasteiger partial charge in [-0.05, 0) is 71.6 Å². The summed E-state index contributed by atoms with van der Waals surface area (Å²) in [6.45, 7) is 5.65. The molecule has 5 N–H and O–H groups in total. The van der Waals surface area contributed by atoms with Gasteiger partial charge in [-0.3, -0.25) is 24.1 Å². The average Bonchev–Trinajstić information content (AvgIpc) is 3.09. The molecule has 0 bridgehead atoms. The smallest absolute Gasteiger partial charge is 0.335 e. The van der Waals surface area contributed by atoms with Gasteiger partial charge in [-0.1, -0.05) is 0 Å². The number of aromatic nitrogens is 1. The van der Waals surface area contributed by atoms with E-state index >= 15 is 0 Å². The molecular weight excluding hydrogens is 582 g/mol. The molecule has 1 saturated carbocycles. The zero-order valence-corrected chi connectivity index (χ0v) is 27.0. The molecule has 1 fully saturated rings. The molecule has 15 heteroatoms. The number of nitrogens with one attached hydrogen (secondary N) is 5. The van der Waals surface area contributed by atoms with E-state index in [0.717, 1.165) is 25.7 Å². The van der Waals surface area contributed by atoms with Crippen LogP contribution in [0, 0.1) is 11.8 Å². The van der Waals surface area contributed by atoms with Crippen molar-refractivity contribution in [1.82, 2.24) is 31.7 Å². The molecule has 3 rings (SSSR count). The number of nitrogens with zero attached hydrogens (tertiary/aromatic N) is 4. The SMILES string of the molecule is CNC(=O)C1CCC(CNC(=O)N/N=C/[C@H](CC(=O)OC(C)(C)C)NC(=O)CN2C(=O)C(NC)CN(C)c3ncccc32)CC1. The topological polar surface area (TPSA) is 186 Å². The van der Waals surface area contributed by atoms with Crippen LogP contribution >= 0.6 is 0 Å². The molecule has 15 nitrogen and oxygen atoms in total. The molecule has 5 amide bonds. The first-order valence-electron chi connectivity index (χ1n) is 15.3. The molecule has 1 aromatic rings. The van der Waals surface area contributed by atoms with Crippen LogP contribution in [0.4, 0.5) is 16.3 Å². The predicted molar refractivity (Wildman–Crippen MR) is 170 cm³/mol. The highest BCUT2D eigenvalue weighted by molar-refractivity contribution is 6.05. The molecule has 0 radical (unpaired) electrons. The van der Waals surface area contributed by atoms with Gasteiger partial charge in [0.15, 0.2) is 5.82 Å². The lowest BCUT2D eigenvalue weighted by atomic mass is 9.81. The number of rotatable bonds is 11. The number of urea groups is 1. The van der Waals surface area contributed by atoms with Crippen molar-refractivity contribution in [1.29, 1.82) is 0 Å². The quantitative estimate of drug-likeness (QED) is 0.132. The normalized spacial score (nSPS) is 20.9. The van der Waals surface area contributed by atoms with Crippen LogP contribution in [-0.4, -0.2) is 99.4 Å². The van der Waals surface area contributed by atoms with Gasteiger partial charge in [-0.15, -0.1) is 0 Å². The first-order chi connectivity index (χ1) is 21.3. The summed E-state index contributed by atoms with van der Waals surface area (Å²) in [4.78, 5) is 71.2. The Morgan fingerprint density at radius 2 is 1.87 bits per heavy atom. The molecule has 0 spiro atoms. The summed E-state index contributed by atoms with van der Waals surface area (Å²) < 4.78 is 5.42.